The van der Waals surface area contributed by atoms with Crippen LogP contribution < -0.4 is 11.3 Å². The number of halogens is 2. The molecule has 98 valence electrons. The molecule has 1 heterocycles. The maximum Gasteiger partial charge on any atom is 0.266 e. The summed E-state index contributed by atoms with van der Waals surface area (Å²) in [5, 5.41) is 1.54. The summed E-state index contributed by atoms with van der Waals surface area (Å²) in [5.41, 5.74) is 5.23. The lowest BCUT2D eigenvalue weighted by atomic mass is 10.0. The molecule has 0 fully saturated rings. The lowest BCUT2D eigenvalue weighted by Gasteiger charge is -2.12. The van der Waals surface area contributed by atoms with E-state index in [0.717, 1.165) is 30.5 Å². The van der Waals surface area contributed by atoms with Crippen LogP contribution in [0.25, 0.3) is 10.9 Å². The third-order valence-electron chi connectivity index (χ3n) is 3.39. The number of aryl methyl sites for hydroxylation is 1. The Bertz CT molecular complexity index is 700. The van der Waals surface area contributed by atoms with Crippen molar-refractivity contribution in [3.8, 4) is 0 Å². The zero-order valence-corrected chi connectivity index (χ0v) is 11.5. The number of hydrogen-bond donors (Lipinski definition) is 2. The van der Waals surface area contributed by atoms with Crippen molar-refractivity contribution in [1.29, 1.82) is 0 Å². The Labute approximate surface area is 119 Å². The average molecular weight is 296 g/mol. The SMILES string of the molecule is NNC(=O)c1c2c(nc3cc(Cl)cc(Cl)c13)CCC2. The molecule has 1 aromatic carbocycles. The number of nitrogens with two attached hydrogens (primary N) is 1. The summed E-state index contributed by atoms with van der Waals surface area (Å²) in [6.45, 7) is 0. The number of aromatic nitrogens is 1. The molecule has 0 radical (unpaired) electrons. The van der Waals surface area contributed by atoms with Gasteiger partial charge in [-0.15, -0.1) is 0 Å². The zero-order valence-electron chi connectivity index (χ0n) is 9.96. The first-order valence-electron chi connectivity index (χ1n) is 5.93. The van der Waals surface area contributed by atoms with Gasteiger partial charge in [-0.1, -0.05) is 23.2 Å². The number of pyridine rings is 1. The molecule has 0 spiro atoms. The molecule has 1 aliphatic rings. The second-order valence-electron chi connectivity index (χ2n) is 4.52. The summed E-state index contributed by atoms with van der Waals surface area (Å²) in [7, 11) is 0. The van der Waals surface area contributed by atoms with Crippen molar-refractivity contribution >= 4 is 40.0 Å². The van der Waals surface area contributed by atoms with Crippen LogP contribution in [-0.4, -0.2) is 10.9 Å². The van der Waals surface area contributed by atoms with E-state index in [-0.39, 0.29) is 5.91 Å². The topological polar surface area (TPSA) is 68.0 Å². The Morgan fingerprint density at radius 1 is 1.32 bits per heavy atom. The fourth-order valence-electron chi connectivity index (χ4n) is 2.64. The number of benzene rings is 1. The summed E-state index contributed by atoms with van der Waals surface area (Å²) in [6.07, 6.45) is 2.66. The highest BCUT2D eigenvalue weighted by Crippen LogP contribution is 2.35. The lowest BCUT2D eigenvalue weighted by Crippen LogP contribution is -2.31. The smallest absolute Gasteiger partial charge is 0.266 e. The first-order chi connectivity index (χ1) is 9.11. The Hall–Kier alpha value is -1.36. The van der Waals surface area contributed by atoms with Crippen LogP contribution in [0.2, 0.25) is 10.0 Å². The number of carbonyl (C=O) groups is 1. The molecular formula is C13H11Cl2N3O. The molecule has 0 saturated heterocycles. The number of nitrogens with one attached hydrogen (secondary N) is 1. The summed E-state index contributed by atoms with van der Waals surface area (Å²) in [5.74, 6) is 4.94. The molecule has 1 aliphatic carbocycles. The van der Waals surface area contributed by atoms with Crippen molar-refractivity contribution in [1.82, 2.24) is 10.4 Å². The standard InChI is InChI=1S/C13H11Cl2N3O/c14-6-4-8(15)12-10(5-6)17-9-3-1-2-7(9)11(12)13(19)18-16/h4-5H,1-3,16H2,(H,18,19). The van der Waals surface area contributed by atoms with E-state index in [2.05, 4.69) is 10.4 Å². The maximum atomic E-state index is 12.1. The fourth-order valence-corrected chi connectivity index (χ4v) is 3.21. The molecule has 0 unspecified atom stereocenters. The summed E-state index contributed by atoms with van der Waals surface area (Å²) < 4.78 is 0. The summed E-state index contributed by atoms with van der Waals surface area (Å²) in [4.78, 5) is 16.6. The van der Waals surface area contributed by atoms with Gasteiger partial charge in [-0.05, 0) is 37.0 Å². The number of rotatable bonds is 1. The van der Waals surface area contributed by atoms with Gasteiger partial charge in [0.15, 0.2) is 0 Å². The minimum atomic E-state index is -0.338. The number of fused-ring (bicyclic) bond motifs is 2. The highest BCUT2D eigenvalue weighted by Gasteiger charge is 2.24. The van der Waals surface area contributed by atoms with Gasteiger partial charge in [-0.3, -0.25) is 15.2 Å². The van der Waals surface area contributed by atoms with Crippen molar-refractivity contribution in [3.05, 3.63) is 39.0 Å². The van der Waals surface area contributed by atoms with E-state index in [1.807, 2.05) is 0 Å². The highest BCUT2D eigenvalue weighted by atomic mass is 35.5. The van der Waals surface area contributed by atoms with E-state index in [1.165, 1.54) is 0 Å². The van der Waals surface area contributed by atoms with Gasteiger partial charge in [0.2, 0.25) is 0 Å². The largest absolute Gasteiger partial charge is 0.290 e. The highest BCUT2D eigenvalue weighted by molar-refractivity contribution is 6.39. The minimum Gasteiger partial charge on any atom is -0.290 e. The van der Waals surface area contributed by atoms with E-state index < -0.39 is 0 Å². The van der Waals surface area contributed by atoms with Crippen molar-refractivity contribution in [2.75, 3.05) is 0 Å². The normalized spacial score (nSPS) is 13.6. The van der Waals surface area contributed by atoms with Gasteiger partial charge in [0, 0.05) is 16.1 Å². The van der Waals surface area contributed by atoms with Crippen LogP contribution in [-0.2, 0) is 12.8 Å². The maximum absolute atomic E-state index is 12.1. The average Bonchev–Trinajstić information content (AvgIpc) is 2.82. The zero-order chi connectivity index (χ0) is 13.6. The summed E-state index contributed by atoms with van der Waals surface area (Å²) in [6, 6.07) is 3.33. The van der Waals surface area contributed by atoms with Crippen LogP contribution in [0, 0.1) is 0 Å². The Morgan fingerprint density at radius 3 is 2.84 bits per heavy atom. The number of nitrogen functional groups attached to an aromatic ring is 1. The molecule has 4 nitrogen and oxygen atoms in total. The van der Waals surface area contributed by atoms with Crippen LogP contribution in [0.3, 0.4) is 0 Å². The number of hydrogen-bond acceptors (Lipinski definition) is 3. The van der Waals surface area contributed by atoms with Crippen molar-refractivity contribution in [2.45, 2.75) is 19.3 Å². The molecule has 3 rings (SSSR count). The van der Waals surface area contributed by atoms with Crippen molar-refractivity contribution < 1.29 is 4.79 Å². The summed E-state index contributed by atoms with van der Waals surface area (Å²) >= 11 is 12.2. The predicted molar refractivity (Wildman–Crippen MR) is 75.4 cm³/mol. The third kappa shape index (κ3) is 1.96. The van der Waals surface area contributed by atoms with Crippen LogP contribution in [0.15, 0.2) is 12.1 Å². The minimum absolute atomic E-state index is 0.338. The van der Waals surface area contributed by atoms with Gasteiger partial charge in [-0.25, -0.2) is 5.84 Å². The van der Waals surface area contributed by atoms with Gasteiger partial charge in [-0.2, -0.15) is 0 Å². The molecule has 1 aromatic heterocycles. The molecule has 3 N–H and O–H groups in total. The Balaban J connectivity index is 2.45. The van der Waals surface area contributed by atoms with E-state index in [1.54, 1.807) is 12.1 Å². The number of hydrazine groups is 1. The second-order valence-corrected chi connectivity index (χ2v) is 5.36. The van der Waals surface area contributed by atoms with Crippen molar-refractivity contribution in [3.63, 3.8) is 0 Å². The Morgan fingerprint density at radius 2 is 2.11 bits per heavy atom. The van der Waals surface area contributed by atoms with Gasteiger partial charge >= 0.3 is 0 Å². The fraction of sp³-hybridized carbons (Fsp3) is 0.231. The second kappa shape index (κ2) is 4.63. The predicted octanol–water partition coefficient (Wildman–Crippen LogP) is 2.63. The van der Waals surface area contributed by atoms with Gasteiger partial charge < -0.3 is 0 Å². The first-order valence-corrected chi connectivity index (χ1v) is 6.69. The van der Waals surface area contributed by atoms with E-state index >= 15 is 0 Å². The molecule has 6 heteroatoms. The molecule has 1 amide bonds. The number of carbonyl (C=O) groups excluding carboxylic acids is 1. The Kier molecular flexibility index (Phi) is 3.09. The molecule has 0 aliphatic heterocycles. The number of amides is 1. The molecule has 0 atom stereocenters. The van der Waals surface area contributed by atoms with Crippen LogP contribution in [0.1, 0.15) is 28.0 Å². The van der Waals surface area contributed by atoms with Gasteiger partial charge in [0.05, 0.1) is 16.1 Å². The quantitative estimate of drug-likeness (QED) is 0.483. The molecule has 2 aromatic rings. The van der Waals surface area contributed by atoms with Crippen LogP contribution in [0.5, 0.6) is 0 Å². The van der Waals surface area contributed by atoms with E-state index in [4.69, 9.17) is 29.0 Å². The van der Waals surface area contributed by atoms with Crippen molar-refractivity contribution in [2.24, 2.45) is 5.84 Å². The van der Waals surface area contributed by atoms with Crippen LogP contribution >= 0.6 is 23.2 Å². The van der Waals surface area contributed by atoms with E-state index in [0.29, 0.717) is 26.5 Å². The monoisotopic (exact) mass is 295 g/mol. The lowest BCUT2D eigenvalue weighted by molar-refractivity contribution is 0.0954. The van der Waals surface area contributed by atoms with E-state index in [9.17, 15) is 4.79 Å². The van der Waals surface area contributed by atoms with Gasteiger partial charge in [0.1, 0.15) is 0 Å². The van der Waals surface area contributed by atoms with Gasteiger partial charge in [0.25, 0.3) is 5.91 Å². The third-order valence-corrected chi connectivity index (χ3v) is 3.90. The molecule has 0 saturated carbocycles. The van der Waals surface area contributed by atoms with Crippen LogP contribution in [0.4, 0.5) is 0 Å². The molecule has 0 bridgehead atoms. The molecular weight excluding hydrogens is 285 g/mol. The molecule has 19 heavy (non-hydrogen) atoms. The first kappa shape index (κ1) is 12.7. The number of nitrogens with zero attached hydrogens (tertiary/aromatic N) is 1.